The maximum absolute atomic E-state index is 13.0. The Morgan fingerprint density at radius 3 is 2.45 bits per heavy atom. The summed E-state index contributed by atoms with van der Waals surface area (Å²) in [6.45, 7) is 3.82. The van der Waals surface area contributed by atoms with E-state index in [-0.39, 0.29) is 10.9 Å². The molecule has 0 radical (unpaired) electrons. The number of nitrogens with one attached hydrogen (secondary N) is 2. The maximum Gasteiger partial charge on any atom is 0.490 e. The van der Waals surface area contributed by atoms with Crippen molar-refractivity contribution in [1.82, 2.24) is 19.3 Å². The van der Waals surface area contributed by atoms with Crippen LogP contribution in [0.5, 0.6) is 0 Å². The van der Waals surface area contributed by atoms with E-state index in [0.717, 1.165) is 31.5 Å². The number of halogens is 3. The van der Waals surface area contributed by atoms with Crippen molar-refractivity contribution in [1.29, 1.82) is 0 Å². The first kappa shape index (κ1) is 24.5. The summed E-state index contributed by atoms with van der Waals surface area (Å²) in [5.41, 5.74) is 1.39. The summed E-state index contributed by atoms with van der Waals surface area (Å²) in [5.74, 6) is -2.09. The number of piperidine rings is 1. The smallest absolute Gasteiger partial charge is 0.475 e. The SMILES string of the molecule is Cc1ccc(S(=O)(=O)n2ccc3c(N[C@@H]4CCCNC4)ncnc32)cc1.O=C(O)C(F)(F)F. The molecule has 4 rings (SSSR count). The van der Waals surface area contributed by atoms with Gasteiger partial charge in [0.25, 0.3) is 10.0 Å². The predicted molar refractivity (Wildman–Crippen MR) is 114 cm³/mol. The van der Waals surface area contributed by atoms with Crippen molar-refractivity contribution in [3.63, 3.8) is 0 Å². The van der Waals surface area contributed by atoms with Gasteiger partial charge in [0.2, 0.25) is 0 Å². The number of carboxylic acid groups (broad SMARTS) is 1. The van der Waals surface area contributed by atoms with E-state index >= 15 is 0 Å². The minimum absolute atomic E-state index is 0.241. The molecular weight excluding hydrogens is 463 g/mol. The van der Waals surface area contributed by atoms with Crippen molar-refractivity contribution in [2.24, 2.45) is 0 Å². The average molecular weight is 485 g/mol. The lowest BCUT2D eigenvalue weighted by molar-refractivity contribution is -0.192. The van der Waals surface area contributed by atoms with Crippen molar-refractivity contribution in [2.75, 3.05) is 18.4 Å². The molecule has 0 bridgehead atoms. The first-order valence-electron chi connectivity index (χ1n) is 9.92. The summed E-state index contributed by atoms with van der Waals surface area (Å²) >= 11 is 0. The van der Waals surface area contributed by atoms with Crippen molar-refractivity contribution < 1.29 is 31.5 Å². The van der Waals surface area contributed by atoms with Crippen LogP contribution in [0.4, 0.5) is 19.0 Å². The zero-order valence-corrected chi connectivity index (χ0v) is 18.3. The Bertz CT molecular complexity index is 1220. The number of fused-ring (bicyclic) bond motifs is 1. The molecule has 0 saturated carbocycles. The molecule has 1 aliphatic heterocycles. The molecule has 1 fully saturated rings. The van der Waals surface area contributed by atoms with Crippen molar-refractivity contribution in [3.05, 3.63) is 48.4 Å². The molecule has 3 heterocycles. The van der Waals surface area contributed by atoms with Crippen molar-refractivity contribution in [2.45, 2.75) is 36.9 Å². The number of benzene rings is 1. The lowest BCUT2D eigenvalue weighted by atomic mass is 10.1. The second-order valence-corrected chi connectivity index (χ2v) is 9.19. The molecule has 1 aliphatic rings. The zero-order chi connectivity index (χ0) is 24.2. The van der Waals surface area contributed by atoms with E-state index in [1.165, 1.54) is 10.3 Å². The molecule has 13 heteroatoms. The molecule has 33 heavy (non-hydrogen) atoms. The van der Waals surface area contributed by atoms with E-state index < -0.39 is 22.2 Å². The van der Waals surface area contributed by atoms with E-state index in [4.69, 9.17) is 9.90 Å². The van der Waals surface area contributed by atoms with Crippen LogP contribution in [0.2, 0.25) is 0 Å². The first-order valence-corrected chi connectivity index (χ1v) is 11.4. The van der Waals surface area contributed by atoms with E-state index in [2.05, 4.69) is 20.6 Å². The molecule has 0 spiro atoms. The third kappa shape index (κ3) is 5.79. The van der Waals surface area contributed by atoms with Gasteiger partial charge in [-0.05, 0) is 44.5 Å². The highest BCUT2D eigenvalue weighted by Crippen LogP contribution is 2.25. The number of hydrogen-bond donors (Lipinski definition) is 3. The summed E-state index contributed by atoms with van der Waals surface area (Å²) in [5, 5.41) is 14.6. The summed E-state index contributed by atoms with van der Waals surface area (Å²) in [7, 11) is -3.70. The van der Waals surface area contributed by atoms with Crippen LogP contribution >= 0.6 is 0 Å². The highest BCUT2D eigenvalue weighted by molar-refractivity contribution is 7.90. The van der Waals surface area contributed by atoms with E-state index in [9.17, 15) is 21.6 Å². The molecule has 9 nitrogen and oxygen atoms in total. The molecule has 0 unspecified atom stereocenters. The highest BCUT2D eigenvalue weighted by Gasteiger charge is 2.38. The molecular formula is C20H22F3N5O4S. The highest BCUT2D eigenvalue weighted by atomic mass is 32.2. The maximum atomic E-state index is 13.0. The number of carbonyl (C=O) groups is 1. The first-order chi connectivity index (χ1) is 15.5. The van der Waals surface area contributed by atoms with Gasteiger partial charge in [-0.15, -0.1) is 0 Å². The number of nitrogens with zero attached hydrogens (tertiary/aromatic N) is 3. The largest absolute Gasteiger partial charge is 0.490 e. The van der Waals surface area contributed by atoms with Gasteiger partial charge in [0, 0.05) is 18.8 Å². The van der Waals surface area contributed by atoms with Gasteiger partial charge in [0.05, 0.1) is 10.3 Å². The standard InChI is InChI=1S/C18H21N5O2S.C2HF3O2/c1-13-4-6-15(7-5-13)26(24,25)23-10-8-16-17(20-12-21-18(16)23)22-14-3-2-9-19-11-14;3-2(4,5)1(6)7/h4-8,10,12,14,19H,2-3,9,11H2,1H3,(H,20,21,22);(H,6,7)/t14-;/m1./s1. The average Bonchev–Trinajstić information content (AvgIpc) is 3.21. The second-order valence-electron chi connectivity index (χ2n) is 7.38. The Balaban J connectivity index is 0.000000383. The minimum atomic E-state index is -5.08. The fraction of sp³-hybridized carbons (Fsp3) is 0.350. The molecule has 0 aliphatic carbocycles. The number of hydrogen-bond acceptors (Lipinski definition) is 7. The third-order valence-electron chi connectivity index (χ3n) is 4.91. The van der Waals surface area contributed by atoms with Crippen LogP contribution in [0.1, 0.15) is 18.4 Å². The molecule has 178 valence electrons. The fourth-order valence-electron chi connectivity index (χ4n) is 3.23. The Kier molecular flexibility index (Phi) is 7.22. The van der Waals surface area contributed by atoms with E-state index in [0.29, 0.717) is 16.9 Å². The molecule has 2 aromatic heterocycles. The number of alkyl halides is 3. The van der Waals surface area contributed by atoms with Crippen LogP contribution in [0.25, 0.3) is 11.0 Å². The molecule has 1 saturated heterocycles. The van der Waals surface area contributed by atoms with Gasteiger partial charge in [-0.2, -0.15) is 13.2 Å². The molecule has 3 N–H and O–H groups in total. The lowest BCUT2D eigenvalue weighted by Crippen LogP contribution is -2.38. The number of rotatable bonds is 4. The Hall–Kier alpha value is -3.19. The zero-order valence-electron chi connectivity index (χ0n) is 17.5. The summed E-state index contributed by atoms with van der Waals surface area (Å²) in [4.78, 5) is 17.7. The molecule has 3 aromatic rings. The predicted octanol–water partition coefficient (Wildman–Crippen LogP) is 2.77. The number of aromatic nitrogens is 3. The summed E-state index contributed by atoms with van der Waals surface area (Å²) < 4.78 is 58.9. The van der Waals surface area contributed by atoms with E-state index in [1.807, 2.05) is 6.92 Å². The molecule has 1 aromatic carbocycles. The van der Waals surface area contributed by atoms with Gasteiger partial charge in [-0.1, -0.05) is 17.7 Å². The normalized spacial score (nSPS) is 16.7. The molecule has 1 atom stereocenters. The number of carboxylic acids is 1. The van der Waals surface area contributed by atoms with Gasteiger partial charge in [0.15, 0.2) is 5.65 Å². The van der Waals surface area contributed by atoms with Crippen LogP contribution in [0, 0.1) is 6.92 Å². The van der Waals surface area contributed by atoms with E-state index in [1.54, 1.807) is 36.5 Å². The van der Waals surface area contributed by atoms with Crippen LogP contribution in [-0.4, -0.2) is 58.7 Å². The van der Waals surface area contributed by atoms with Gasteiger partial charge >= 0.3 is 12.1 Å². The van der Waals surface area contributed by atoms with Gasteiger partial charge in [-0.25, -0.2) is 27.2 Å². The Morgan fingerprint density at radius 2 is 1.88 bits per heavy atom. The van der Waals surface area contributed by atoms with Crippen LogP contribution in [0.15, 0.2) is 47.8 Å². The second kappa shape index (κ2) is 9.75. The lowest BCUT2D eigenvalue weighted by Gasteiger charge is -2.24. The van der Waals surface area contributed by atoms with Gasteiger partial charge in [0.1, 0.15) is 12.1 Å². The summed E-state index contributed by atoms with van der Waals surface area (Å²) in [6.07, 6.45) is 0.0243. The number of anilines is 1. The Labute approximate surface area is 187 Å². The topological polar surface area (TPSA) is 126 Å². The van der Waals surface area contributed by atoms with Crippen LogP contribution in [0.3, 0.4) is 0 Å². The van der Waals surface area contributed by atoms with Crippen molar-refractivity contribution >= 4 is 32.8 Å². The monoisotopic (exact) mass is 485 g/mol. The quantitative estimate of drug-likeness (QED) is 0.515. The summed E-state index contributed by atoms with van der Waals surface area (Å²) in [6, 6.07) is 8.83. The number of aliphatic carboxylic acids is 1. The Morgan fingerprint density at radius 1 is 1.21 bits per heavy atom. The third-order valence-corrected chi connectivity index (χ3v) is 6.59. The fourth-order valence-corrected chi connectivity index (χ4v) is 4.53. The van der Waals surface area contributed by atoms with Gasteiger partial charge < -0.3 is 15.7 Å². The van der Waals surface area contributed by atoms with Gasteiger partial charge in [-0.3, -0.25) is 0 Å². The van der Waals surface area contributed by atoms with Crippen LogP contribution in [-0.2, 0) is 14.8 Å². The molecule has 0 amide bonds. The van der Waals surface area contributed by atoms with Crippen molar-refractivity contribution in [3.8, 4) is 0 Å². The van der Waals surface area contributed by atoms with Crippen LogP contribution < -0.4 is 10.6 Å². The number of aryl methyl sites for hydroxylation is 1. The minimum Gasteiger partial charge on any atom is -0.475 e.